The summed E-state index contributed by atoms with van der Waals surface area (Å²) in [5.41, 5.74) is 2.37. The van der Waals surface area contributed by atoms with Gasteiger partial charge in [-0.1, -0.05) is 42.5 Å². The van der Waals surface area contributed by atoms with Gasteiger partial charge in [-0.15, -0.1) is 0 Å². The molecule has 1 aliphatic heterocycles. The number of hydrogen-bond donors (Lipinski definition) is 3. The Labute approximate surface area is 207 Å². The second-order valence-corrected chi connectivity index (χ2v) is 8.99. The van der Waals surface area contributed by atoms with Gasteiger partial charge in [-0.2, -0.15) is 13.2 Å². The average Bonchev–Trinajstić information content (AvgIpc) is 3.35. The van der Waals surface area contributed by atoms with Crippen LogP contribution in [-0.2, 0) is 6.18 Å². The van der Waals surface area contributed by atoms with Crippen molar-refractivity contribution in [2.45, 2.75) is 37.9 Å². The van der Waals surface area contributed by atoms with Gasteiger partial charge in [0, 0.05) is 17.7 Å². The first-order chi connectivity index (χ1) is 17.4. The monoisotopic (exact) mass is 492 g/mol. The summed E-state index contributed by atoms with van der Waals surface area (Å²) < 4.78 is 40.4. The Kier molecular flexibility index (Phi) is 6.73. The number of aromatic amines is 1. The lowest BCUT2D eigenvalue weighted by Crippen LogP contribution is -2.27. The fourth-order valence-electron chi connectivity index (χ4n) is 4.50. The third-order valence-corrected chi connectivity index (χ3v) is 6.47. The van der Waals surface area contributed by atoms with E-state index in [0.29, 0.717) is 28.6 Å². The van der Waals surface area contributed by atoms with Gasteiger partial charge in [0.2, 0.25) is 5.95 Å². The van der Waals surface area contributed by atoms with Gasteiger partial charge >= 0.3 is 6.18 Å². The van der Waals surface area contributed by atoms with Crippen LogP contribution in [0.5, 0.6) is 0 Å². The third-order valence-electron chi connectivity index (χ3n) is 6.47. The van der Waals surface area contributed by atoms with Gasteiger partial charge in [0.25, 0.3) is 0 Å². The van der Waals surface area contributed by atoms with Crippen LogP contribution in [0.15, 0.2) is 66.9 Å². The molecule has 0 spiro atoms. The van der Waals surface area contributed by atoms with Gasteiger partial charge in [0.05, 0.1) is 28.7 Å². The maximum atomic E-state index is 13.5. The SMILES string of the molecule is C[C@@H](Nc1nccc(-c2[nH]c(C3CCNCC3)nc2-c2cccc(C(F)(F)F)c2)n1)c1ccccc1. The molecule has 3 N–H and O–H groups in total. The molecule has 9 heteroatoms. The summed E-state index contributed by atoms with van der Waals surface area (Å²) in [6.07, 6.45) is -0.992. The standard InChI is InChI=1S/C27H27F3N6/c1-17(18-6-3-2-4-7-18)33-26-32-15-12-22(34-26)24-23(20-8-5-9-21(16-20)27(28,29)30)35-25(36-24)19-10-13-31-14-11-19/h2-9,12,15-17,19,31H,10-11,13-14H2,1H3,(H,35,36)(H,32,33,34)/t17-/m1/s1. The molecule has 186 valence electrons. The number of nitrogens with zero attached hydrogens (tertiary/aromatic N) is 3. The highest BCUT2D eigenvalue weighted by atomic mass is 19.4. The minimum Gasteiger partial charge on any atom is -0.348 e. The number of imidazole rings is 1. The van der Waals surface area contributed by atoms with E-state index in [1.54, 1.807) is 18.3 Å². The minimum atomic E-state index is -4.44. The van der Waals surface area contributed by atoms with Crippen LogP contribution < -0.4 is 10.6 Å². The van der Waals surface area contributed by atoms with E-state index in [2.05, 4.69) is 20.6 Å². The minimum absolute atomic E-state index is 0.0311. The molecule has 0 aliphatic carbocycles. The third kappa shape index (κ3) is 5.26. The van der Waals surface area contributed by atoms with Crippen LogP contribution in [0.4, 0.5) is 19.1 Å². The van der Waals surface area contributed by atoms with Gasteiger partial charge in [0.1, 0.15) is 5.82 Å². The predicted octanol–water partition coefficient (Wildman–Crippen LogP) is 6.19. The number of hydrogen-bond acceptors (Lipinski definition) is 5. The zero-order chi connectivity index (χ0) is 25.1. The summed E-state index contributed by atoms with van der Waals surface area (Å²) in [6, 6.07) is 16.9. The number of aromatic nitrogens is 4. The van der Waals surface area contributed by atoms with Crippen LogP contribution in [0.1, 0.15) is 48.7 Å². The highest BCUT2D eigenvalue weighted by molar-refractivity contribution is 5.77. The summed E-state index contributed by atoms with van der Waals surface area (Å²) in [6.45, 7) is 3.77. The lowest BCUT2D eigenvalue weighted by atomic mass is 9.98. The maximum Gasteiger partial charge on any atom is 0.416 e. The first-order valence-corrected chi connectivity index (χ1v) is 12.0. The van der Waals surface area contributed by atoms with Crippen LogP contribution in [0.3, 0.4) is 0 Å². The second-order valence-electron chi connectivity index (χ2n) is 8.99. The van der Waals surface area contributed by atoms with Crippen molar-refractivity contribution in [3.8, 4) is 22.6 Å². The zero-order valence-electron chi connectivity index (χ0n) is 19.8. The molecule has 2 aromatic carbocycles. The number of halogens is 3. The summed E-state index contributed by atoms with van der Waals surface area (Å²) in [4.78, 5) is 17.3. The van der Waals surface area contributed by atoms with Crippen molar-refractivity contribution in [2.75, 3.05) is 18.4 Å². The number of rotatable bonds is 6. The molecule has 36 heavy (non-hydrogen) atoms. The Bertz CT molecular complexity index is 1310. The number of anilines is 1. The summed E-state index contributed by atoms with van der Waals surface area (Å²) in [5.74, 6) is 1.39. The number of alkyl halides is 3. The molecule has 2 aromatic heterocycles. The van der Waals surface area contributed by atoms with Crippen molar-refractivity contribution in [3.05, 3.63) is 83.8 Å². The fraction of sp³-hybridized carbons (Fsp3) is 0.296. The Morgan fingerprint density at radius 1 is 0.972 bits per heavy atom. The number of benzene rings is 2. The highest BCUT2D eigenvalue weighted by Crippen LogP contribution is 2.36. The summed E-state index contributed by atoms with van der Waals surface area (Å²) >= 11 is 0. The predicted molar refractivity (Wildman–Crippen MR) is 133 cm³/mol. The molecule has 1 atom stereocenters. The molecule has 1 aliphatic rings. The van der Waals surface area contributed by atoms with Gasteiger partial charge < -0.3 is 15.6 Å². The fourth-order valence-corrected chi connectivity index (χ4v) is 4.50. The summed E-state index contributed by atoms with van der Waals surface area (Å²) in [5, 5.41) is 6.65. The van der Waals surface area contributed by atoms with Gasteiger partial charge in [-0.25, -0.2) is 15.0 Å². The molecular formula is C27H27F3N6. The number of H-pyrrole nitrogens is 1. The molecule has 0 saturated carbocycles. The molecule has 6 nitrogen and oxygen atoms in total. The van der Waals surface area contributed by atoms with Crippen molar-refractivity contribution in [1.82, 2.24) is 25.3 Å². The molecule has 5 rings (SSSR count). The smallest absolute Gasteiger partial charge is 0.348 e. The molecular weight excluding hydrogens is 465 g/mol. The average molecular weight is 493 g/mol. The van der Waals surface area contributed by atoms with E-state index in [4.69, 9.17) is 9.97 Å². The first-order valence-electron chi connectivity index (χ1n) is 12.0. The second kappa shape index (κ2) is 10.1. The van der Waals surface area contributed by atoms with Crippen molar-refractivity contribution < 1.29 is 13.2 Å². The van der Waals surface area contributed by atoms with Crippen molar-refractivity contribution in [1.29, 1.82) is 0 Å². The van der Waals surface area contributed by atoms with Gasteiger partial charge in [-0.3, -0.25) is 0 Å². The lowest BCUT2D eigenvalue weighted by Gasteiger charge is -2.20. The van der Waals surface area contributed by atoms with Crippen LogP contribution in [0.2, 0.25) is 0 Å². The largest absolute Gasteiger partial charge is 0.416 e. The molecule has 0 bridgehead atoms. The normalized spacial score (nSPS) is 15.6. The first kappa shape index (κ1) is 24.0. The van der Waals surface area contributed by atoms with Crippen LogP contribution in [0, 0.1) is 0 Å². The quantitative estimate of drug-likeness (QED) is 0.299. The van der Waals surface area contributed by atoms with Crippen molar-refractivity contribution >= 4 is 5.95 Å². The zero-order valence-corrected chi connectivity index (χ0v) is 19.8. The topological polar surface area (TPSA) is 78.5 Å². The Hall–Kier alpha value is -3.72. The Balaban J connectivity index is 1.53. The van der Waals surface area contributed by atoms with E-state index < -0.39 is 11.7 Å². The maximum absolute atomic E-state index is 13.5. The Morgan fingerprint density at radius 2 is 1.75 bits per heavy atom. The van der Waals surface area contributed by atoms with E-state index in [1.807, 2.05) is 37.3 Å². The number of piperidine rings is 1. The molecule has 0 unspecified atom stereocenters. The van der Waals surface area contributed by atoms with E-state index in [1.165, 1.54) is 6.07 Å². The Morgan fingerprint density at radius 3 is 2.50 bits per heavy atom. The van der Waals surface area contributed by atoms with Crippen molar-refractivity contribution in [2.24, 2.45) is 0 Å². The van der Waals surface area contributed by atoms with Crippen molar-refractivity contribution in [3.63, 3.8) is 0 Å². The summed E-state index contributed by atoms with van der Waals surface area (Å²) in [7, 11) is 0. The molecule has 3 heterocycles. The van der Waals surface area contributed by atoms with E-state index >= 15 is 0 Å². The van der Waals surface area contributed by atoms with E-state index in [0.717, 1.165) is 49.5 Å². The van der Waals surface area contributed by atoms with Gasteiger partial charge in [-0.05, 0) is 56.6 Å². The van der Waals surface area contributed by atoms with E-state index in [-0.39, 0.29) is 12.0 Å². The molecule has 1 saturated heterocycles. The molecule has 1 fully saturated rings. The van der Waals surface area contributed by atoms with Crippen LogP contribution >= 0.6 is 0 Å². The van der Waals surface area contributed by atoms with Crippen LogP contribution in [0.25, 0.3) is 22.6 Å². The molecule has 0 radical (unpaired) electrons. The number of nitrogens with one attached hydrogen (secondary N) is 3. The van der Waals surface area contributed by atoms with E-state index in [9.17, 15) is 13.2 Å². The highest BCUT2D eigenvalue weighted by Gasteiger charge is 2.31. The molecule has 0 amide bonds. The van der Waals surface area contributed by atoms with Gasteiger partial charge in [0.15, 0.2) is 0 Å². The molecule has 4 aromatic rings. The lowest BCUT2D eigenvalue weighted by molar-refractivity contribution is -0.137. The van der Waals surface area contributed by atoms with Crippen LogP contribution in [-0.4, -0.2) is 33.0 Å².